The predicted molar refractivity (Wildman–Crippen MR) is 104 cm³/mol. The van der Waals surface area contributed by atoms with Gasteiger partial charge in [-0.1, -0.05) is 30.3 Å². The largest absolute Gasteiger partial charge is 0.349 e. The first-order valence-corrected chi connectivity index (χ1v) is 10.2. The molecule has 7 nitrogen and oxygen atoms in total. The molecule has 1 aromatic carbocycles. The van der Waals surface area contributed by atoms with E-state index in [0.29, 0.717) is 25.6 Å². The monoisotopic (exact) mass is 375 g/mol. The maximum absolute atomic E-state index is 12.2. The summed E-state index contributed by atoms with van der Waals surface area (Å²) >= 11 is 0. The lowest BCUT2D eigenvalue weighted by molar-refractivity contribution is 0.353. The van der Waals surface area contributed by atoms with Crippen molar-refractivity contribution in [2.45, 2.75) is 25.1 Å². The van der Waals surface area contributed by atoms with Crippen molar-refractivity contribution in [1.29, 1.82) is 0 Å². The Bertz CT molecular complexity index is 887. The number of H-pyrrole nitrogens is 1. The van der Waals surface area contributed by atoms with Gasteiger partial charge in [0.2, 0.25) is 0 Å². The van der Waals surface area contributed by atoms with E-state index in [1.54, 1.807) is 20.9 Å². The Balaban J connectivity index is 1.65. The van der Waals surface area contributed by atoms with E-state index in [-0.39, 0.29) is 5.75 Å². The van der Waals surface area contributed by atoms with E-state index in [1.807, 2.05) is 41.4 Å². The Labute approximate surface area is 154 Å². The molecule has 1 aliphatic rings. The van der Waals surface area contributed by atoms with Crippen LogP contribution in [0.2, 0.25) is 0 Å². The summed E-state index contributed by atoms with van der Waals surface area (Å²) in [7, 11) is -1.37. The molecule has 1 aliphatic heterocycles. The summed E-state index contributed by atoms with van der Waals surface area (Å²) in [6.45, 7) is 4.88. The third kappa shape index (κ3) is 3.75. The zero-order chi connectivity index (χ0) is 18.8. The van der Waals surface area contributed by atoms with E-state index >= 15 is 0 Å². The topological polar surface area (TPSA) is 90.4 Å². The molecule has 1 fully saturated rings. The highest BCUT2D eigenvalue weighted by molar-refractivity contribution is 7.92. The normalized spacial score (nSPS) is 19.3. The number of aromatic amines is 1. The van der Waals surface area contributed by atoms with Crippen LogP contribution >= 0.6 is 0 Å². The van der Waals surface area contributed by atoms with Crippen molar-refractivity contribution in [1.82, 2.24) is 20.2 Å². The molecule has 8 heteroatoms. The molecule has 0 spiro atoms. The van der Waals surface area contributed by atoms with E-state index in [1.165, 1.54) is 0 Å². The number of aromatic nitrogens is 2. The lowest BCUT2D eigenvalue weighted by Crippen LogP contribution is -2.57. The van der Waals surface area contributed by atoms with Gasteiger partial charge in [0.15, 0.2) is 15.8 Å². The molecule has 0 bridgehead atoms. The number of rotatable bonds is 3. The van der Waals surface area contributed by atoms with Crippen molar-refractivity contribution < 1.29 is 8.42 Å². The molecule has 3 rings (SSSR count). The summed E-state index contributed by atoms with van der Waals surface area (Å²) in [6, 6.07) is 10.0. The summed E-state index contributed by atoms with van der Waals surface area (Å²) in [6.07, 6.45) is 1.81. The van der Waals surface area contributed by atoms with Gasteiger partial charge in [0.05, 0.1) is 28.9 Å². The van der Waals surface area contributed by atoms with E-state index in [4.69, 9.17) is 0 Å². The number of nitrogens with zero attached hydrogens (tertiary/aromatic N) is 3. The van der Waals surface area contributed by atoms with Gasteiger partial charge in [-0.3, -0.25) is 4.99 Å². The zero-order valence-corrected chi connectivity index (χ0v) is 16.2. The molecule has 26 heavy (non-hydrogen) atoms. The first-order valence-electron chi connectivity index (χ1n) is 8.59. The molecule has 1 saturated heterocycles. The summed E-state index contributed by atoms with van der Waals surface area (Å²) in [5.41, 5.74) is 2.04. The second-order valence-electron chi connectivity index (χ2n) is 7.01. The highest BCUT2D eigenvalue weighted by Crippen LogP contribution is 2.23. The molecule has 0 saturated carbocycles. The van der Waals surface area contributed by atoms with Crippen LogP contribution in [-0.2, 0) is 16.4 Å². The van der Waals surface area contributed by atoms with Crippen LogP contribution in [0.1, 0.15) is 19.7 Å². The van der Waals surface area contributed by atoms with Crippen LogP contribution in [-0.4, -0.2) is 59.9 Å². The third-order valence-electron chi connectivity index (χ3n) is 4.68. The summed E-state index contributed by atoms with van der Waals surface area (Å²) in [5.74, 6) is 1.62. The lowest BCUT2D eigenvalue weighted by atomic mass is 10.2. The van der Waals surface area contributed by atoms with Crippen LogP contribution in [0.4, 0.5) is 0 Å². The van der Waals surface area contributed by atoms with Crippen molar-refractivity contribution in [3.8, 4) is 11.3 Å². The minimum Gasteiger partial charge on any atom is -0.349 e. The number of imidazole rings is 1. The van der Waals surface area contributed by atoms with Crippen molar-refractivity contribution in [2.75, 3.05) is 25.9 Å². The zero-order valence-electron chi connectivity index (χ0n) is 15.4. The Morgan fingerprint density at radius 1 is 1.35 bits per heavy atom. The molecule has 2 N–H and O–H groups in total. The number of nitrogens with one attached hydrogen (secondary N) is 2. The van der Waals surface area contributed by atoms with Crippen molar-refractivity contribution in [3.05, 3.63) is 42.4 Å². The summed E-state index contributed by atoms with van der Waals surface area (Å²) in [4.78, 5) is 14.0. The molecule has 0 aliphatic carbocycles. The average Bonchev–Trinajstić information content (AvgIpc) is 3.08. The van der Waals surface area contributed by atoms with Crippen molar-refractivity contribution in [2.24, 2.45) is 4.99 Å². The number of benzene rings is 1. The van der Waals surface area contributed by atoms with Crippen LogP contribution in [0, 0.1) is 0 Å². The predicted octanol–water partition coefficient (Wildman–Crippen LogP) is 1.66. The molecule has 0 amide bonds. The summed E-state index contributed by atoms with van der Waals surface area (Å²) < 4.78 is 23.6. The molecule has 140 valence electrons. The van der Waals surface area contributed by atoms with Gasteiger partial charge in [-0.2, -0.15) is 0 Å². The van der Waals surface area contributed by atoms with Crippen LogP contribution in [0.25, 0.3) is 11.3 Å². The highest BCUT2D eigenvalue weighted by atomic mass is 32.2. The quantitative estimate of drug-likeness (QED) is 0.629. The molecule has 2 heterocycles. The molecule has 0 unspecified atom stereocenters. The number of aliphatic imine (C=N–C) groups is 1. The second kappa shape index (κ2) is 7.11. The van der Waals surface area contributed by atoms with Gasteiger partial charge < -0.3 is 15.2 Å². The fourth-order valence-electron chi connectivity index (χ4n) is 3.04. The van der Waals surface area contributed by atoms with Crippen molar-refractivity contribution in [3.63, 3.8) is 0 Å². The highest BCUT2D eigenvalue weighted by Gasteiger charge is 2.40. The van der Waals surface area contributed by atoms with Crippen molar-refractivity contribution >= 4 is 15.8 Å². The van der Waals surface area contributed by atoms with Gasteiger partial charge >= 0.3 is 0 Å². The van der Waals surface area contributed by atoms with Crippen LogP contribution in [0.5, 0.6) is 0 Å². The van der Waals surface area contributed by atoms with Gasteiger partial charge in [0.25, 0.3) is 0 Å². The van der Waals surface area contributed by atoms with E-state index in [2.05, 4.69) is 20.3 Å². The van der Waals surface area contributed by atoms with Gasteiger partial charge in [-0.15, -0.1) is 0 Å². The number of hydrogen-bond acceptors (Lipinski definition) is 4. The molecule has 0 radical (unpaired) electrons. The van der Waals surface area contributed by atoms with E-state index in [0.717, 1.165) is 17.1 Å². The fraction of sp³-hybridized carbons (Fsp3) is 0.444. The molecular formula is C18H25N5O2S. The lowest BCUT2D eigenvalue weighted by Gasteiger charge is -2.39. The molecule has 1 aromatic heterocycles. The minimum absolute atomic E-state index is 0.138. The Hall–Kier alpha value is -2.35. The minimum atomic E-state index is -3.07. The maximum Gasteiger partial charge on any atom is 0.194 e. The van der Waals surface area contributed by atoms with E-state index in [9.17, 15) is 8.42 Å². The number of sulfone groups is 1. The standard InChI is InChI=1S/C18H25N5O2S/c1-18(2)13-23(9-10-26(18,24)25)17(19-3)21-12-16-20-11-15(22-16)14-7-5-4-6-8-14/h4-8,11H,9-10,12-13H2,1-3H3,(H,19,21)(H,20,22). The second-order valence-corrected chi connectivity index (χ2v) is 9.75. The first kappa shape index (κ1) is 18.4. The van der Waals surface area contributed by atoms with Gasteiger partial charge in [0, 0.05) is 20.1 Å². The Morgan fingerprint density at radius 2 is 2.08 bits per heavy atom. The fourth-order valence-corrected chi connectivity index (χ4v) is 4.40. The average molecular weight is 375 g/mol. The van der Waals surface area contributed by atoms with Crippen LogP contribution in [0.15, 0.2) is 41.5 Å². The molecule has 0 atom stereocenters. The molecule has 2 aromatic rings. The van der Waals surface area contributed by atoms with Crippen LogP contribution < -0.4 is 5.32 Å². The third-order valence-corrected chi connectivity index (χ3v) is 7.21. The molecular weight excluding hydrogens is 350 g/mol. The first-order chi connectivity index (χ1) is 12.3. The Morgan fingerprint density at radius 3 is 2.73 bits per heavy atom. The Kier molecular flexibility index (Phi) is 5.04. The maximum atomic E-state index is 12.2. The number of guanidine groups is 1. The van der Waals surface area contributed by atoms with Crippen LogP contribution in [0.3, 0.4) is 0 Å². The smallest absolute Gasteiger partial charge is 0.194 e. The summed E-state index contributed by atoms with van der Waals surface area (Å²) in [5, 5.41) is 3.27. The van der Waals surface area contributed by atoms with Gasteiger partial charge in [-0.25, -0.2) is 13.4 Å². The van der Waals surface area contributed by atoms with E-state index < -0.39 is 14.6 Å². The van der Waals surface area contributed by atoms with Gasteiger partial charge in [-0.05, 0) is 19.4 Å². The number of hydrogen-bond donors (Lipinski definition) is 2. The SMILES string of the molecule is CN=C(NCc1ncc(-c2ccccc2)[nH]1)N1CCS(=O)(=O)C(C)(C)C1. The van der Waals surface area contributed by atoms with Gasteiger partial charge in [0.1, 0.15) is 5.82 Å².